The molecule has 1 aromatic rings. The van der Waals surface area contributed by atoms with Crippen molar-refractivity contribution in [1.29, 1.82) is 0 Å². The SMILES string of the molecule is Cc1cc(Cl)nc(CN2CCC(C)CCC2=O)n1. The van der Waals surface area contributed by atoms with E-state index in [1.807, 2.05) is 11.8 Å². The van der Waals surface area contributed by atoms with Gasteiger partial charge in [0.1, 0.15) is 11.0 Å². The van der Waals surface area contributed by atoms with Gasteiger partial charge in [-0.05, 0) is 31.7 Å². The molecule has 1 fully saturated rings. The van der Waals surface area contributed by atoms with Gasteiger partial charge in [-0.25, -0.2) is 9.97 Å². The van der Waals surface area contributed by atoms with Gasteiger partial charge in [-0.2, -0.15) is 0 Å². The van der Waals surface area contributed by atoms with Crippen LogP contribution in [0.2, 0.25) is 5.15 Å². The number of rotatable bonds is 2. The van der Waals surface area contributed by atoms with Gasteiger partial charge in [0.15, 0.2) is 0 Å². The molecule has 2 heterocycles. The minimum atomic E-state index is 0.195. The van der Waals surface area contributed by atoms with Crippen LogP contribution in [-0.4, -0.2) is 27.3 Å². The molecule has 1 saturated heterocycles. The fourth-order valence-electron chi connectivity index (χ4n) is 2.17. The maximum Gasteiger partial charge on any atom is 0.222 e. The second-order valence-electron chi connectivity index (χ2n) is 5.00. The first-order chi connectivity index (χ1) is 8.54. The lowest BCUT2D eigenvalue weighted by Gasteiger charge is -2.19. The number of likely N-dealkylation sites (tertiary alicyclic amines) is 1. The average Bonchev–Trinajstić information content (AvgIpc) is 2.43. The Morgan fingerprint density at radius 3 is 2.94 bits per heavy atom. The molecule has 18 heavy (non-hydrogen) atoms. The number of nitrogens with zero attached hydrogens (tertiary/aromatic N) is 3. The fraction of sp³-hybridized carbons (Fsp3) is 0.615. The summed E-state index contributed by atoms with van der Waals surface area (Å²) < 4.78 is 0. The molecule has 5 heteroatoms. The average molecular weight is 268 g/mol. The molecule has 1 unspecified atom stereocenters. The van der Waals surface area contributed by atoms with E-state index >= 15 is 0 Å². The highest BCUT2D eigenvalue weighted by Gasteiger charge is 2.21. The van der Waals surface area contributed by atoms with Gasteiger partial charge in [0.25, 0.3) is 0 Å². The third kappa shape index (κ3) is 3.42. The highest BCUT2D eigenvalue weighted by molar-refractivity contribution is 6.29. The Morgan fingerprint density at radius 2 is 2.22 bits per heavy atom. The monoisotopic (exact) mass is 267 g/mol. The molecule has 1 aromatic heterocycles. The standard InChI is InChI=1S/C13H18ClN3O/c1-9-3-4-13(18)17(6-5-9)8-12-15-10(2)7-11(14)16-12/h7,9H,3-6,8H2,1-2H3. The van der Waals surface area contributed by atoms with Crippen LogP contribution in [0.1, 0.15) is 37.7 Å². The van der Waals surface area contributed by atoms with E-state index in [0.29, 0.717) is 29.9 Å². The lowest BCUT2D eigenvalue weighted by molar-refractivity contribution is -0.131. The Labute approximate surface area is 112 Å². The molecule has 4 nitrogen and oxygen atoms in total. The highest BCUT2D eigenvalue weighted by atomic mass is 35.5. The van der Waals surface area contributed by atoms with Gasteiger partial charge in [-0.1, -0.05) is 18.5 Å². The molecule has 0 radical (unpaired) electrons. The Balaban J connectivity index is 2.09. The molecule has 0 aliphatic carbocycles. The van der Waals surface area contributed by atoms with Gasteiger partial charge in [0, 0.05) is 18.7 Å². The first kappa shape index (κ1) is 13.3. The zero-order chi connectivity index (χ0) is 13.1. The van der Waals surface area contributed by atoms with Crippen molar-refractivity contribution in [3.8, 4) is 0 Å². The fourth-order valence-corrected chi connectivity index (χ4v) is 2.43. The van der Waals surface area contributed by atoms with Crippen molar-refractivity contribution in [1.82, 2.24) is 14.9 Å². The first-order valence-electron chi connectivity index (χ1n) is 6.32. The van der Waals surface area contributed by atoms with Crippen molar-refractivity contribution < 1.29 is 4.79 Å². The summed E-state index contributed by atoms with van der Waals surface area (Å²) in [7, 11) is 0. The number of hydrogen-bond donors (Lipinski definition) is 0. The van der Waals surface area contributed by atoms with Crippen molar-refractivity contribution in [2.24, 2.45) is 5.92 Å². The number of carbonyl (C=O) groups is 1. The zero-order valence-electron chi connectivity index (χ0n) is 10.8. The van der Waals surface area contributed by atoms with Gasteiger partial charge in [0.2, 0.25) is 5.91 Å². The van der Waals surface area contributed by atoms with Crippen LogP contribution in [0.5, 0.6) is 0 Å². The molecule has 0 bridgehead atoms. The van der Waals surface area contributed by atoms with Crippen molar-refractivity contribution in [2.45, 2.75) is 39.7 Å². The third-order valence-electron chi connectivity index (χ3n) is 3.30. The predicted octanol–water partition coefficient (Wildman–Crippen LogP) is 2.59. The number of hydrogen-bond acceptors (Lipinski definition) is 3. The van der Waals surface area contributed by atoms with Crippen LogP contribution < -0.4 is 0 Å². The summed E-state index contributed by atoms with van der Waals surface area (Å²) in [4.78, 5) is 22.3. The summed E-state index contributed by atoms with van der Waals surface area (Å²) >= 11 is 5.91. The Morgan fingerprint density at radius 1 is 1.44 bits per heavy atom. The van der Waals surface area contributed by atoms with Gasteiger partial charge >= 0.3 is 0 Å². The molecule has 0 spiro atoms. The Hall–Kier alpha value is -1.16. The van der Waals surface area contributed by atoms with Crippen LogP contribution in [0, 0.1) is 12.8 Å². The summed E-state index contributed by atoms with van der Waals surface area (Å²) in [6.45, 7) is 5.32. The van der Waals surface area contributed by atoms with E-state index in [0.717, 1.165) is 25.1 Å². The summed E-state index contributed by atoms with van der Waals surface area (Å²) in [6.07, 6.45) is 2.65. The van der Waals surface area contributed by atoms with E-state index < -0.39 is 0 Å². The Kier molecular flexibility index (Phi) is 4.17. The second-order valence-corrected chi connectivity index (χ2v) is 5.38. The molecule has 1 atom stereocenters. The van der Waals surface area contributed by atoms with E-state index in [4.69, 9.17) is 11.6 Å². The van der Waals surface area contributed by atoms with E-state index in [2.05, 4.69) is 16.9 Å². The van der Waals surface area contributed by atoms with Crippen molar-refractivity contribution in [3.05, 3.63) is 22.7 Å². The number of amides is 1. The van der Waals surface area contributed by atoms with Gasteiger partial charge in [0.05, 0.1) is 6.54 Å². The van der Waals surface area contributed by atoms with Gasteiger partial charge < -0.3 is 4.90 Å². The summed E-state index contributed by atoms with van der Waals surface area (Å²) in [6, 6.07) is 1.72. The second kappa shape index (κ2) is 5.65. The third-order valence-corrected chi connectivity index (χ3v) is 3.49. The lowest BCUT2D eigenvalue weighted by Crippen LogP contribution is -2.30. The molecule has 0 saturated carbocycles. The van der Waals surface area contributed by atoms with E-state index in [1.165, 1.54) is 0 Å². The summed E-state index contributed by atoms with van der Waals surface area (Å²) in [5.41, 5.74) is 0.834. The lowest BCUT2D eigenvalue weighted by atomic mass is 10.0. The number of carbonyl (C=O) groups excluding carboxylic acids is 1. The summed E-state index contributed by atoms with van der Waals surface area (Å²) in [5, 5.41) is 0.438. The van der Waals surface area contributed by atoms with Gasteiger partial charge in [-0.3, -0.25) is 4.79 Å². The molecule has 0 aromatic carbocycles. The van der Waals surface area contributed by atoms with Crippen LogP contribution in [0.4, 0.5) is 0 Å². The molecule has 98 valence electrons. The molecular weight excluding hydrogens is 250 g/mol. The van der Waals surface area contributed by atoms with E-state index in [-0.39, 0.29) is 5.91 Å². The zero-order valence-corrected chi connectivity index (χ0v) is 11.6. The van der Waals surface area contributed by atoms with E-state index in [1.54, 1.807) is 6.07 Å². The van der Waals surface area contributed by atoms with Gasteiger partial charge in [-0.15, -0.1) is 0 Å². The topological polar surface area (TPSA) is 46.1 Å². The smallest absolute Gasteiger partial charge is 0.222 e. The highest BCUT2D eigenvalue weighted by Crippen LogP contribution is 2.19. The van der Waals surface area contributed by atoms with Crippen LogP contribution >= 0.6 is 11.6 Å². The maximum atomic E-state index is 12.0. The quantitative estimate of drug-likeness (QED) is 0.774. The number of halogens is 1. The Bertz CT molecular complexity index is 430. The maximum absolute atomic E-state index is 12.0. The largest absolute Gasteiger partial charge is 0.335 e. The predicted molar refractivity (Wildman–Crippen MR) is 70.2 cm³/mol. The van der Waals surface area contributed by atoms with Crippen LogP contribution in [0.3, 0.4) is 0 Å². The van der Waals surface area contributed by atoms with Crippen molar-refractivity contribution >= 4 is 17.5 Å². The van der Waals surface area contributed by atoms with Crippen LogP contribution in [0.25, 0.3) is 0 Å². The molecule has 1 aliphatic heterocycles. The first-order valence-corrected chi connectivity index (χ1v) is 6.70. The molecule has 2 rings (SSSR count). The van der Waals surface area contributed by atoms with E-state index in [9.17, 15) is 4.79 Å². The van der Waals surface area contributed by atoms with Crippen molar-refractivity contribution in [3.63, 3.8) is 0 Å². The molecule has 1 amide bonds. The normalized spacial score (nSPS) is 20.9. The minimum absolute atomic E-state index is 0.195. The minimum Gasteiger partial charge on any atom is -0.335 e. The summed E-state index contributed by atoms with van der Waals surface area (Å²) in [5.74, 6) is 1.43. The van der Waals surface area contributed by atoms with Crippen LogP contribution in [0.15, 0.2) is 6.07 Å². The number of aromatic nitrogens is 2. The number of aryl methyl sites for hydroxylation is 1. The van der Waals surface area contributed by atoms with Crippen molar-refractivity contribution in [2.75, 3.05) is 6.54 Å². The van der Waals surface area contributed by atoms with Crippen LogP contribution in [-0.2, 0) is 11.3 Å². The molecular formula is C13H18ClN3O. The molecule has 1 aliphatic rings. The molecule has 0 N–H and O–H groups in total.